The normalized spacial score (nSPS) is 12.5. The van der Waals surface area contributed by atoms with Crippen molar-refractivity contribution < 1.29 is 14.6 Å². The minimum atomic E-state index is -0.602. The summed E-state index contributed by atoms with van der Waals surface area (Å²) in [6.07, 6.45) is 3.05. The number of aliphatic hydroxyl groups is 1. The van der Waals surface area contributed by atoms with Gasteiger partial charge in [-0.2, -0.15) is 0 Å². The Hall–Kier alpha value is -0.610. The van der Waals surface area contributed by atoms with Gasteiger partial charge in [0.15, 0.2) is 0 Å². The standard InChI is InChI=1S/C10H21NO3/c1-3-4-5-6-10(13)11-7-9(12)8-14-2/h9,12H,3-8H2,1-2H3,(H,11,13). The van der Waals surface area contributed by atoms with Crippen LogP contribution in [0.5, 0.6) is 0 Å². The molecule has 4 heteroatoms. The SMILES string of the molecule is CCCCCC(=O)NCC(O)COC. The summed E-state index contributed by atoms with van der Waals surface area (Å²) in [7, 11) is 1.52. The van der Waals surface area contributed by atoms with E-state index >= 15 is 0 Å². The summed E-state index contributed by atoms with van der Waals surface area (Å²) < 4.78 is 4.73. The summed E-state index contributed by atoms with van der Waals surface area (Å²) in [5.74, 6) is 0.00797. The first-order valence-electron chi connectivity index (χ1n) is 5.14. The minimum absolute atomic E-state index is 0.00797. The third-order valence-corrected chi connectivity index (χ3v) is 1.90. The average molecular weight is 203 g/mol. The van der Waals surface area contributed by atoms with Crippen LogP contribution in [0.1, 0.15) is 32.6 Å². The molecule has 2 N–H and O–H groups in total. The van der Waals surface area contributed by atoms with Crippen molar-refractivity contribution >= 4 is 5.91 Å². The lowest BCUT2D eigenvalue weighted by Crippen LogP contribution is -2.34. The number of carbonyl (C=O) groups excluding carboxylic acids is 1. The molecule has 1 amide bonds. The average Bonchev–Trinajstić information content (AvgIpc) is 2.16. The van der Waals surface area contributed by atoms with Gasteiger partial charge >= 0.3 is 0 Å². The monoisotopic (exact) mass is 203 g/mol. The van der Waals surface area contributed by atoms with Crippen LogP contribution in [-0.4, -0.2) is 37.4 Å². The molecule has 1 unspecified atom stereocenters. The molecule has 0 radical (unpaired) electrons. The van der Waals surface area contributed by atoms with Gasteiger partial charge in [-0.25, -0.2) is 0 Å². The van der Waals surface area contributed by atoms with Crippen LogP contribution in [0, 0.1) is 0 Å². The maximum absolute atomic E-state index is 11.2. The fourth-order valence-corrected chi connectivity index (χ4v) is 1.11. The molecule has 4 nitrogen and oxygen atoms in total. The van der Waals surface area contributed by atoms with Gasteiger partial charge in [-0.05, 0) is 6.42 Å². The van der Waals surface area contributed by atoms with Crippen molar-refractivity contribution in [2.24, 2.45) is 0 Å². The van der Waals surface area contributed by atoms with Gasteiger partial charge in [-0.15, -0.1) is 0 Å². The Bertz CT molecular complexity index is 150. The molecule has 0 heterocycles. The lowest BCUT2D eigenvalue weighted by Gasteiger charge is -2.10. The zero-order valence-corrected chi connectivity index (χ0v) is 9.08. The lowest BCUT2D eigenvalue weighted by atomic mass is 10.2. The molecule has 0 aliphatic carbocycles. The largest absolute Gasteiger partial charge is 0.389 e. The third-order valence-electron chi connectivity index (χ3n) is 1.90. The second kappa shape index (κ2) is 8.97. The Morgan fingerprint density at radius 1 is 1.50 bits per heavy atom. The summed E-state index contributed by atoms with van der Waals surface area (Å²) in [6.45, 7) is 2.63. The van der Waals surface area contributed by atoms with Crippen LogP contribution in [-0.2, 0) is 9.53 Å². The maximum Gasteiger partial charge on any atom is 0.220 e. The molecule has 0 aromatic carbocycles. The van der Waals surface area contributed by atoms with Crippen molar-refractivity contribution in [1.29, 1.82) is 0 Å². The lowest BCUT2D eigenvalue weighted by molar-refractivity contribution is -0.121. The maximum atomic E-state index is 11.2. The van der Waals surface area contributed by atoms with E-state index in [9.17, 15) is 9.90 Å². The highest BCUT2D eigenvalue weighted by Gasteiger charge is 2.05. The number of rotatable bonds is 8. The first-order chi connectivity index (χ1) is 6.70. The number of unbranched alkanes of at least 4 members (excludes halogenated alkanes) is 2. The molecule has 0 spiro atoms. The molecule has 0 aromatic heterocycles. The van der Waals surface area contributed by atoms with Crippen molar-refractivity contribution in [2.75, 3.05) is 20.3 Å². The summed E-state index contributed by atoms with van der Waals surface area (Å²) >= 11 is 0. The van der Waals surface area contributed by atoms with E-state index in [4.69, 9.17) is 4.74 Å². The highest BCUT2D eigenvalue weighted by molar-refractivity contribution is 5.75. The van der Waals surface area contributed by atoms with Crippen molar-refractivity contribution in [3.05, 3.63) is 0 Å². The Kier molecular flexibility index (Phi) is 8.57. The zero-order chi connectivity index (χ0) is 10.8. The predicted octanol–water partition coefficient (Wildman–Crippen LogP) is 0.690. The number of hydrogen-bond acceptors (Lipinski definition) is 3. The second-order valence-electron chi connectivity index (χ2n) is 3.37. The van der Waals surface area contributed by atoms with E-state index in [1.54, 1.807) is 0 Å². The fourth-order valence-electron chi connectivity index (χ4n) is 1.11. The molecule has 0 aliphatic heterocycles. The van der Waals surface area contributed by atoms with E-state index in [2.05, 4.69) is 12.2 Å². The molecule has 0 saturated heterocycles. The molecule has 0 rings (SSSR count). The number of nitrogens with one attached hydrogen (secondary N) is 1. The fraction of sp³-hybridized carbons (Fsp3) is 0.900. The highest BCUT2D eigenvalue weighted by Crippen LogP contribution is 1.98. The molecule has 84 valence electrons. The van der Waals surface area contributed by atoms with Gasteiger partial charge < -0.3 is 15.2 Å². The Morgan fingerprint density at radius 3 is 2.79 bits per heavy atom. The van der Waals surface area contributed by atoms with Crippen LogP contribution < -0.4 is 5.32 Å². The second-order valence-corrected chi connectivity index (χ2v) is 3.37. The Morgan fingerprint density at radius 2 is 2.21 bits per heavy atom. The van der Waals surface area contributed by atoms with Gasteiger partial charge in [-0.3, -0.25) is 4.79 Å². The van der Waals surface area contributed by atoms with Gasteiger partial charge in [0, 0.05) is 20.1 Å². The highest BCUT2D eigenvalue weighted by atomic mass is 16.5. The molecule has 0 aliphatic rings. The van der Waals surface area contributed by atoms with Gasteiger partial charge in [0.2, 0.25) is 5.91 Å². The topological polar surface area (TPSA) is 58.6 Å². The summed E-state index contributed by atoms with van der Waals surface area (Å²) in [4.78, 5) is 11.2. The summed E-state index contributed by atoms with van der Waals surface area (Å²) in [6, 6.07) is 0. The van der Waals surface area contributed by atoms with E-state index in [-0.39, 0.29) is 19.1 Å². The molecule has 0 aromatic rings. The molecular formula is C10H21NO3. The molecule has 14 heavy (non-hydrogen) atoms. The number of methoxy groups -OCH3 is 1. The zero-order valence-electron chi connectivity index (χ0n) is 9.08. The van der Waals surface area contributed by atoms with Crippen molar-refractivity contribution in [3.8, 4) is 0 Å². The number of carbonyl (C=O) groups is 1. The van der Waals surface area contributed by atoms with Crippen LogP contribution >= 0.6 is 0 Å². The van der Waals surface area contributed by atoms with Gasteiger partial charge in [0.25, 0.3) is 0 Å². The first-order valence-corrected chi connectivity index (χ1v) is 5.14. The molecule has 0 saturated carbocycles. The van der Waals surface area contributed by atoms with Crippen LogP contribution in [0.4, 0.5) is 0 Å². The van der Waals surface area contributed by atoms with Crippen LogP contribution in [0.15, 0.2) is 0 Å². The minimum Gasteiger partial charge on any atom is -0.389 e. The quantitative estimate of drug-likeness (QED) is 0.571. The van der Waals surface area contributed by atoms with Crippen molar-refractivity contribution in [2.45, 2.75) is 38.7 Å². The van der Waals surface area contributed by atoms with Crippen molar-refractivity contribution in [1.82, 2.24) is 5.32 Å². The first kappa shape index (κ1) is 13.4. The summed E-state index contributed by atoms with van der Waals surface area (Å²) in [5.41, 5.74) is 0. The van der Waals surface area contributed by atoms with E-state index < -0.39 is 6.10 Å². The predicted molar refractivity (Wildman–Crippen MR) is 55.0 cm³/mol. The number of aliphatic hydroxyl groups excluding tert-OH is 1. The van der Waals surface area contributed by atoms with Crippen LogP contribution in [0.3, 0.4) is 0 Å². The van der Waals surface area contributed by atoms with E-state index in [0.717, 1.165) is 19.3 Å². The molecule has 0 bridgehead atoms. The third kappa shape index (κ3) is 8.01. The van der Waals surface area contributed by atoms with Gasteiger partial charge in [0.1, 0.15) is 0 Å². The van der Waals surface area contributed by atoms with E-state index in [1.165, 1.54) is 7.11 Å². The van der Waals surface area contributed by atoms with Gasteiger partial charge in [-0.1, -0.05) is 19.8 Å². The van der Waals surface area contributed by atoms with Crippen LogP contribution in [0.2, 0.25) is 0 Å². The molecular weight excluding hydrogens is 182 g/mol. The Labute approximate surface area is 85.6 Å². The number of ether oxygens (including phenoxy) is 1. The van der Waals surface area contributed by atoms with E-state index in [0.29, 0.717) is 6.42 Å². The Balaban J connectivity index is 3.34. The van der Waals surface area contributed by atoms with E-state index in [1.807, 2.05) is 0 Å². The molecule has 1 atom stereocenters. The number of amides is 1. The van der Waals surface area contributed by atoms with Crippen LogP contribution in [0.25, 0.3) is 0 Å². The van der Waals surface area contributed by atoms with Crippen molar-refractivity contribution in [3.63, 3.8) is 0 Å². The summed E-state index contributed by atoms with van der Waals surface area (Å²) in [5, 5.41) is 11.9. The smallest absolute Gasteiger partial charge is 0.220 e. The van der Waals surface area contributed by atoms with Gasteiger partial charge in [0.05, 0.1) is 12.7 Å². The molecule has 0 fully saturated rings. The number of hydrogen-bond donors (Lipinski definition) is 2.